The summed E-state index contributed by atoms with van der Waals surface area (Å²) in [4.78, 5) is 16.9. The lowest BCUT2D eigenvalue weighted by molar-refractivity contribution is 0.0607. The molecule has 5 heteroatoms. The summed E-state index contributed by atoms with van der Waals surface area (Å²) in [6.45, 7) is 0. The van der Waals surface area contributed by atoms with E-state index in [0.717, 1.165) is 16.7 Å². The van der Waals surface area contributed by atoms with Crippen LogP contribution in [0.5, 0.6) is 0 Å². The van der Waals surface area contributed by atoms with E-state index in [9.17, 15) is 4.79 Å². The maximum Gasteiger partial charge on any atom is 0.350 e. The Balaban J connectivity index is 1.99. The molecule has 0 atom stereocenters. The third-order valence-corrected chi connectivity index (χ3v) is 4.53. The summed E-state index contributed by atoms with van der Waals surface area (Å²) < 4.78 is 4.85. The van der Waals surface area contributed by atoms with Crippen molar-refractivity contribution in [2.75, 3.05) is 19.5 Å². The van der Waals surface area contributed by atoms with Crippen LogP contribution in [0, 0.1) is 0 Å². The van der Waals surface area contributed by atoms with E-state index >= 15 is 0 Å². The number of methoxy groups -OCH3 is 1. The maximum atomic E-state index is 11.9. The highest BCUT2D eigenvalue weighted by atomic mass is 32.1. The van der Waals surface area contributed by atoms with E-state index in [1.807, 2.05) is 42.5 Å². The number of carbonyl (C=O) groups excluding carboxylic acids is 1. The molecule has 0 saturated carbocycles. The quantitative estimate of drug-likeness (QED) is 0.727. The molecule has 1 aromatic heterocycles. The van der Waals surface area contributed by atoms with Crippen molar-refractivity contribution < 1.29 is 9.53 Å². The zero-order valence-electron chi connectivity index (χ0n) is 12.9. The van der Waals surface area contributed by atoms with Crippen LogP contribution >= 0.6 is 11.3 Å². The van der Waals surface area contributed by atoms with E-state index in [4.69, 9.17) is 4.74 Å². The Morgan fingerprint density at radius 2 is 1.61 bits per heavy atom. The van der Waals surface area contributed by atoms with E-state index in [1.165, 1.54) is 18.4 Å². The first-order chi connectivity index (χ1) is 11.2. The number of hydrogen-bond donors (Lipinski definition) is 1. The van der Waals surface area contributed by atoms with Gasteiger partial charge in [0.25, 0.3) is 0 Å². The lowest BCUT2D eigenvalue weighted by Crippen LogP contribution is -2.00. The topological polar surface area (TPSA) is 51.2 Å². The predicted molar refractivity (Wildman–Crippen MR) is 93.9 cm³/mol. The number of esters is 1. The second kappa shape index (κ2) is 6.62. The fraction of sp³-hybridized carbons (Fsp3) is 0.111. The molecule has 2 aromatic carbocycles. The molecule has 3 rings (SSSR count). The van der Waals surface area contributed by atoms with E-state index in [1.54, 1.807) is 7.05 Å². The summed E-state index contributed by atoms with van der Waals surface area (Å²) >= 11 is 1.29. The Morgan fingerprint density at radius 3 is 2.22 bits per heavy atom. The van der Waals surface area contributed by atoms with E-state index < -0.39 is 0 Å². The molecule has 116 valence electrons. The number of rotatable bonds is 4. The molecule has 0 bridgehead atoms. The van der Waals surface area contributed by atoms with Gasteiger partial charge in [-0.3, -0.25) is 0 Å². The molecule has 23 heavy (non-hydrogen) atoms. The van der Waals surface area contributed by atoms with Crippen LogP contribution in [-0.2, 0) is 4.74 Å². The standard InChI is InChI=1S/C18H16N2O2S/c1-19-18-20-15(16(23-18)17(21)22-2)14-10-8-13(9-11-14)12-6-4-3-5-7-12/h3-11H,1-2H3,(H,19,20). The average molecular weight is 324 g/mol. The second-order valence-electron chi connectivity index (χ2n) is 4.88. The van der Waals surface area contributed by atoms with Crippen molar-refractivity contribution in [3.8, 4) is 22.4 Å². The molecule has 4 nitrogen and oxygen atoms in total. The lowest BCUT2D eigenvalue weighted by Gasteiger charge is -2.04. The van der Waals surface area contributed by atoms with Gasteiger partial charge in [-0.2, -0.15) is 0 Å². The summed E-state index contributed by atoms with van der Waals surface area (Å²) in [5, 5.41) is 3.66. The van der Waals surface area contributed by atoms with Crippen molar-refractivity contribution in [2.24, 2.45) is 0 Å². The smallest absolute Gasteiger partial charge is 0.350 e. The van der Waals surface area contributed by atoms with Gasteiger partial charge in [0, 0.05) is 12.6 Å². The molecular weight excluding hydrogens is 308 g/mol. The summed E-state index contributed by atoms with van der Waals surface area (Å²) in [5.74, 6) is -0.369. The first-order valence-electron chi connectivity index (χ1n) is 7.15. The first kappa shape index (κ1) is 15.2. The van der Waals surface area contributed by atoms with Gasteiger partial charge in [0.15, 0.2) is 5.13 Å². The van der Waals surface area contributed by atoms with Crippen molar-refractivity contribution in [1.29, 1.82) is 0 Å². The molecule has 0 fully saturated rings. The molecule has 1 N–H and O–H groups in total. The minimum absolute atomic E-state index is 0.369. The summed E-state index contributed by atoms with van der Waals surface area (Å²) in [5.41, 5.74) is 3.81. The van der Waals surface area contributed by atoms with Crippen LogP contribution in [0.2, 0.25) is 0 Å². The predicted octanol–water partition coefficient (Wildman–Crippen LogP) is 4.31. The minimum atomic E-state index is -0.369. The SMILES string of the molecule is CNc1nc(-c2ccc(-c3ccccc3)cc2)c(C(=O)OC)s1. The van der Waals surface area contributed by atoms with Crippen molar-refractivity contribution in [3.05, 3.63) is 59.5 Å². The highest BCUT2D eigenvalue weighted by molar-refractivity contribution is 7.17. The maximum absolute atomic E-state index is 11.9. The van der Waals surface area contributed by atoms with Gasteiger partial charge in [-0.25, -0.2) is 9.78 Å². The Morgan fingerprint density at radius 1 is 1.00 bits per heavy atom. The summed E-state index contributed by atoms with van der Waals surface area (Å²) in [6, 6.07) is 18.2. The van der Waals surface area contributed by atoms with Crippen LogP contribution in [0.4, 0.5) is 5.13 Å². The Labute approximate surface area is 138 Å². The zero-order chi connectivity index (χ0) is 16.2. The number of aromatic nitrogens is 1. The van der Waals surface area contributed by atoms with E-state index in [2.05, 4.69) is 22.4 Å². The van der Waals surface area contributed by atoms with Gasteiger partial charge in [-0.1, -0.05) is 65.9 Å². The normalized spacial score (nSPS) is 10.3. The number of nitrogens with one attached hydrogen (secondary N) is 1. The molecule has 0 spiro atoms. The molecule has 0 unspecified atom stereocenters. The van der Waals surface area contributed by atoms with E-state index in [-0.39, 0.29) is 5.97 Å². The van der Waals surface area contributed by atoms with Crippen molar-refractivity contribution >= 4 is 22.4 Å². The summed E-state index contributed by atoms with van der Waals surface area (Å²) in [6.07, 6.45) is 0. The Hall–Kier alpha value is -2.66. The van der Waals surface area contributed by atoms with Crippen LogP contribution in [0.15, 0.2) is 54.6 Å². The molecular formula is C18H16N2O2S. The molecule has 0 aliphatic heterocycles. The van der Waals surface area contributed by atoms with Crippen LogP contribution < -0.4 is 5.32 Å². The van der Waals surface area contributed by atoms with Crippen LogP contribution in [-0.4, -0.2) is 25.1 Å². The highest BCUT2D eigenvalue weighted by Crippen LogP contribution is 2.32. The molecule has 0 amide bonds. The zero-order valence-corrected chi connectivity index (χ0v) is 13.7. The number of anilines is 1. The minimum Gasteiger partial charge on any atom is -0.465 e. The van der Waals surface area contributed by atoms with Gasteiger partial charge in [0.1, 0.15) is 4.88 Å². The number of ether oxygens (including phenoxy) is 1. The van der Waals surface area contributed by atoms with Crippen LogP contribution in [0.3, 0.4) is 0 Å². The average Bonchev–Trinajstić information content (AvgIpc) is 3.06. The van der Waals surface area contributed by atoms with Crippen LogP contribution in [0.1, 0.15) is 9.67 Å². The van der Waals surface area contributed by atoms with Crippen molar-refractivity contribution in [2.45, 2.75) is 0 Å². The molecule has 3 aromatic rings. The lowest BCUT2D eigenvalue weighted by atomic mass is 10.0. The van der Waals surface area contributed by atoms with Gasteiger partial charge in [0.05, 0.1) is 12.8 Å². The highest BCUT2D eigenvalue weighted by Gasteiger charge is 2.19. The Kier molecular flexibility index (Phi) is 4.39. The number of hydrogen-bond acceptors (Lipinski definition) is 5. The molecule has 0 aliphatic carbocycles. The number of carbonyl (C=O) groups is 1. The molecule has 0 saturated heterocycles. The largest absolute Gasteiger partial charge is 0.465 e. The monoisotopic (exact) mass is 324 g/mol. The van der Waals surface area contributed by atoms with Gasteiger partial charge < -0.3 is 10.1 Å². The van der Waals surface area contributed by atoms with Gasteiger partial charge in [-0.15, -0.1) is 0 Å². The van der Waals surface area contributed by atoms with Crippen LogP contribution in [0.25, 0.3) is 22.4 Å². The van der Waals surface area contributed by atoms with Gasteiger partial charge in [-0.05, 0) is 11.1 Å². The van der Waals surface area contributed by atoms with Crippen molar-refractivity contribution in [1.82, 2.24) is 4.98 Å². The third-order valence-electron chi connectivity index (χ3n) is 3.48. The van der Waals surface area contributed by atoms with Crippen molar-refractivity contribution in [3.63, 3.8) is 0 Å². The number of nitrogens with zero attached hydrogens (tertiary/aromatic N) is 1. The van der Waals surface area contributed by atoms with Gasteiger partial charge in [0.2, 0.25) is 0 Å². The third kappa shape index (κ3) is 3.10. The fourth-order valence-electron chi connectivity index (χ4n) is 2.30. The van der Waals surface area contributed by atoms with E-state index in [0.29, 0.717) is 15.7 Å². The fourth-order valence-corrected chi connectivity index (χ4v) is 3.16. The first-order valence-corrected chi connectivity index (χ1v) is 7.97. The number of benzene rings is 2. The summed E-state index contributed by atoms with van der Waals surface area (Å²) in [7, 11) is 3.16. The molecule has 0 radical (unpaired) electrons. The van der Waals surface area contributed by atoms with Gasteiger partial charge >= 0.3 is 5.97 Å². The second-order valence-corrected chi connectivity index (χ2v) is 5.88. The molecule has 1 heterocycles. The number of thiazole rings is 1. The Bertz CT molecular complexity index is 811. The molecule has 0 aliphatic rings.